The normalized spacial score (nSPS) is 19.0. The van der Waals surface area contributed by atoms with Crippen LogP contribution >= 0.6 is 11.3 Å². The maximum atomic E-state index is 13.0. The number of hydrogen-bond donors (Lipinski definition) is 1. The Balaban J connectivity index is 1.54. The van der Waals surface area contributed by atoms with Crippen molar-refractivity contribution in [1.82, 2.24) is 15.2 Å². The highest BCUT2D eigenvalue weighted by atomic mass is 32.1. The average molecular weight is 393 g/mol. The molecule has 1 saturated heterocycles. The van der Waals surface area contributed by atoms with Gasteiger partial charge in [0.1, 0.15) is 16.3 Å². The Kier molecular flexibility index (Phi) is 4.60. The van der Waals surface area contributed by atoms with Crippen LogP contribution in [0, 0.1) is 0 Å². The Morgan fingerprint density at radius 1 is 1.11 bits per heavy atom. The lowest BCUT2D eigenvalue weighted by Crippen LogP contribution is -2.40. The van der Waals surface area contributed by atoms with Crippen molar-refractivity contribution in [2.45, 2.75) is 19.0 Å². The van der Waals surface area contributed by atoms with E-state index in [9.17, 15) is 9.59 Å². The molecule has 3 aromatic rings. The average Bonchev–Trinajstić information content (AvgIpc) is 3.28. The van der Waals surface area contributed by atoms with E-state index in [1.165, 1.54) is 16.2 Å². The van der Waals surface area contributed by atoms with E-state index in [4.69, 9.17) is 4.74 Å². The van der Waals surface area contributed by atoms with Gasteiger partial charge in [0.15, 0.2) is 0 Å². The van der Waals surface area contributed by atoms with Gasteiger partial charge in [0.05, 0.1) is 19.3 Å². The van der Waals surface area contributed by atoms with Crippen molar-refractivity contribution < 1.29 is 14.3 Å². The fourth-order valence-electron chi connectivity index (χ4n) is 3.22. The molecule has 0 unspecified atom stereocenters. The van der Waals surface area contributed by atoms with E-state index in [0.29, 0.717) is 5.69 Å². The molecule has 1 atom stereocenters. The number of rotatable bonds is 5. The van der Waals surface area contributed by atoms with Crippen LogP contribution in [0.2, 0.25) is 0 Å². The third-order valence-corrected chi connectivity index (χ3v) is 5.78. The number of urea groups is 1. The molecule has 0 radical (unpaired) electrons. The molecule has 28 heavy (non-hydrogen) atoms. The third kappa shape index (κ3) is 3.14. The van der Waals surface area contributed by atoms with Gasteiger partial charge in [-0.1, -0.05) is 30.3 Å². The molecule has 2 heterocycles. The summed E-state index contributed by atoms with van der Waals surface area (Å²) in [6, 6.07) is 16.5. The minimum Gasteiger partial charge on any atom is -0.497 e. The summed E-state index contributed by atoms with van der Waals surface area (Å²) in [5.74, 6) is 0.503. The summed E-state index contributed by atoms with van der Waals surface area (Å²) in [5, 5.41) is 5.52. The van der Waals surface area contributed by atoms with Crippen molar-refractivity contribution in [3.8, 4) is 16.3 Å². The largest absolute Gasteiger partial charge is 0.497 e. The van der Waals surface area contributed by atoms with Gasteiger partial charge in [-0.3, -0.25) is 9.69 Å². The fraction of sp³-hybridized carbons (Fsp3) is 0.190. The summed E-state index contributed by atoms with van der Waals surface area (Å²) in [5.41, 5.74) is 1.33. The Labute approximate surface area is 166 Å². The van der Waals surface area contributed by atoms with Gasteiger partial charge in [0.2, 0.25) is 0 Å². The van der Waals surface area contributed by atoms with Crippen molar-refractivity contribution in [1.29, 1.82) is 0 Å². The molecule has 1 N–H and O–H groups in total. The molecule has 1 aliphatic rings. The van der Waals surface area contributed by atoms with Crippen LogP contribution in [0.1, 0.15) is 18.2 Å². The number of benzene rings is 2. The minimum absolute atomic E-state index is 0.139. The van der Waals surface area contributed by atoms with Crippen LogP contribution in [-0.4, -0.2) is 28.9 Å². The summed E-state index contributed by atoms with van der Waals surface area (Å²) in [7, 11) is 1.62. The molecule has 2 aromatic carbocycles. The van der Waals surface area contributed by atoms with Gasteiger partial charge in [-0.05, 0) is 36.8 Å². The number of carbonyl (C=O) groups excluding carboxylic acids is 2. The van der Waals surface area contributed by atoms with Crippen LogP contribution in [0.4, 0.5) is 4.79 Å². The van der Waals surface area contributed by atoms with Crippen molar-refractivity contribution in [3.63, 3.8) is 0 Å². The molecule has 0 saturated carbocycles. The monoisotopic (exact) mass is 393 g/mol. The Hall–Kier alpha value is -3.19. The maximum absolute atomic E-state index is 13.0. The highest BCUT2D eigenvalue weighted by Crippen LogP contribution is 2.31. The van der Waals surface area contributed by atoms with E-state index in [0.717, 1.165) is 21.9 Å². The lowest BCUT2D eigenvalue weighted by atomic mass is 9.92. The molecule has 3 amide bonds. The number of nitrogens with one attached hydrogen (secondary N) is 1. The predicted molar refractivity (Wildman–Crippen MR) is 107 cm³/mol. The number of thiazole rings is 1. The van der Waals surface area contributed by atoms with Crippen LogP contribution in [0.3, 0.4) is 0 Å². The van der Waals surface area contributed by atoms with Gasteiger partial charge in [0.25, 0.3) is 5.91 Å². The molecular formula is C21H19N3O3S. The quantitative estimate of drug-likeness (QED) is 0.670. The second-order valence-electron chi connectivity index (χ2n) is 6.68. The van der Waals surface area contributed by atoms with Gasteiger partial charge in [-0.15, -0.1) is 11.3 Å². The van der Waals surface area contributed by atoms with E-state index in [1.807, 2.05) is 60.0 Å². The molecule has 4 rings (SSSR count). The SMILES string of the molecule is COc1ccc(-c2nc(CN3C(=O)N[C@](C)(c4ccccc4)C3=O)cs2)cc1. The number of imide groups is 1. The van der Waals surface area contributed by atoms with E-state index in [-0.39, 0.29) is 12.5 Å². The van der Waals surface area contributed by atoms with Gasteiger partial charge < -0.3 is 10.1 Å². The van der Waals surface area contributed by atoms with Gasteiger partial charge in [0, 0.05) is 10.9 Å². The zero-order valence-corrected chi connectivity index (χ0v) is 16.3. The summed E-state index contributed by atoms with van der Waals surface area (Å²) in [6.07, 6.45) is 0. The van der Waals surface area contributed by atoms with E-state index in [1.54, 1.807) is 14.0 Å². The predicted octanol–water partition coefficient (Wildman–Crippen LogP) is 3.79. The number of aromatic nitrogens is 1. The molecule has 6 nitrogen and oxygen atoms in total. The third-order valence-electron chi connectivity index (χ3n) is 4.83. The van der Waals surface area contributed by atoms with Crippen LogP contribution < -0.4 is 10.1 Å². The number of hydrogen-bond acceptors (Lipinski definition) is 5. The maximum Gasteiger partial charge on any atom is 0.325 e. The molecule has 7 heteroatoms. The lowest BCUT2D eigenvalue weighted by Gasteiger charge is -2.21. The zero-order valence-electron chi connectivity index (χ0n) is 15.5. The topological polar surface area (TPSA) is 71.5 Å². The van der Waals surface area contributed by atoms with Gasteiger partial charge in [-0.25, -0.2) is 9.78 Å². The number of carbonyl (C=O) groups is 2. The molecule has 0 bridgehead atoms. The summed E-state index contributed by atoms with van der Waals surface area (Å²) < 4.78 is 5.17. The first-order chi connectivity index (χ1) is 13.5. The van der Waals surface area contributed by atoms with Gasteiger partial charge in [-0.2, -0.15) is 0 Å². The second-order valence-corrected chi connectivity index (χ2v) is 7.54. The van der Waals surface area contributed by atoms with Crippen molar-refractivity contribution >= 4 is 23.3 Å². The highest BCUT2D eigenvalue weighted by Gasteiger charge is 2.48. The minimum atomic E-state index is -1.06. The highest BCUT2D eigenvalue weighted by molar-refractivity contribution is 7.13. The fourth-order valence-corrected chi connectivity index (χ4v) is 4.03. The zero-order chi connectivity index (χ0) is 19.7. The molecule has 1 aliphatic heterocycles. The molecule has 142 valence electrons. The Morgan fingerprint density at radius 3 is 2.50 bits per heavy atom. The van der Waals surface area contributed by atoms with E-state index < -0.39 is 11.6 Å². The second kappa shape index (κ2) is 7.09. The molecule has 0 aliphatic carbocycles. The number of ether oxygens (including phenoxy) is 1. The standard InChI is InChI=1S/C21H19N3O3S/c1-21(15-6-4-3-5-7-15)19(25)24(20(26)23-21)12-16-13-28-18(22-16)14-8-10-17(27-2)11-9-14/h3-11,13H,12H2,1-2H3,(H,23,26)/t21-/m1/s1. The van der Waals surface area contributed by atoms with Crippen LogP contribution in [0.5, 0.6) is 5.75 Å². The van der Waals surface area contributed by atoms with E-state index in [2.05, 4.69) is 10.3 Å². The number of methoxy groups -OCH3 is 1. The van der Waals surface area contributed by atoms with Crippen LogP contribution in [0.15, 0.2) is 60.0 Å². The first kappa shape index (κ1) is 18.2. The lowest BCUT2D eigenvalue weighted by molar-refractivity contribution is -0.131. The molecule has 0 spiro atoms. The van der Waals surface area contributed by atoms with Crippen LogP contribution in [-0.2, 0) is 16.9 Å². The van der Waals surface area contributed by atoms with Gasteiger partial charge >= 0.3 is 6.03 Å². The smallest absolute Gasteiger partial charge is 0.325 e. The molecule has 1 fully saturated rings. The first-order valence-electron chi connectivity index (χ1n) is 8.80. The first-order valence-corrected chi connectivity index (χ1v) is 9.68. The molecule has 1 aromatic heterocycles. The van der Waals surface area contributed by atoms with Crippen molar-refractivity contribution in [2.24, 2.45) is 0 Å². The molecular weight excluding hydrogens is 374 g/mol. The van der Waals surface area contributed by atoms with E-state index >= 15 is 0 Å². The van der Waals surface area contributed by atoms with Crippen molar-refractivity contribution in [2.75, 3.05) is 7.11 Å². The summed E-state index contributed by atoms with van der Waals surface area (Å²) in [6.45, 7) is 1.87. The Morgan fingerprint density at radius 2 is 1.82 bits per heavy atom. The number of nitrogens with zero attached hydrogens (tertiary/aromatic N) is 2. The van der Waals surface area contributed by atoms with Crippen molar-refractivity contribution in [3.05, 3.63) is 71.2 Å². The summed E-state index contributed by atoms with van der Waals surface area (Å²) in [4.78, 5) is 31.3. The summed E-state index contributed by atoms with van der Waals surface area (Å²) >= 11 is 1.48. The number of amides is 3. The Bertz CT molecular complexity index is 1020. The van der Waals surface area contributed by atoms with Crippen LogP contribution in [0.25, 0.3) is 10.6 Å².